The zero-order chi connectivity index (χ0) is 18.0. The van der Waals surface area contributed by atoms with Gasteiger partial charge in [-0.3, -0.25) is 0 Å². The van der Waals surface area contributed by atoms with Crippen LogP contribution in [-0.2, 0) is 4.74 Å². The number of carboxylic acids is 1. The van der Waals surface area contributed by atoms with Crippen molar-refractivity contribution >= 4 is 17.0 Å². The summed E-state index contributed by atoms with van der Waals surface area (Å²) in [7, 11) is 0. The van der Waals surface area contributed by atoms with Crippen molar-refractivity contribution in [1.29, 1.82) is 0 Å². The van der Waals surface area contributed by atoms with Crippen LogP contribution in [0.3, 0.4) is 0 Å². The minimum Gasteiger partial charge on any atom is -0.478 e. The van der Waals surface area contributed by atoms with E-state index in [1.807, 2.05) is 19.9 Å². The van der Waals surface area contributed by atoms with Crippen molar-refractivity contribution in [3.63, 3.8) is 0 Å². The third-order valence-electron chi connectivity index (χ3n) is 3.76. The third-order valence-corrected chi connectivity index (χ3v) is 3.76. The molecule has 2 N–H and O–H groups in total. The maximum absolute atomic E-state index is 10.9. The molecule has 7 heteroatoms. The van der Waals surface area contributed by atoms with E-state index in [0.29, 0.717) is 16.9 Å². The fourth-order valence-electron chi connectivity index (χ4n) is 2.43. The molecule has 130 valence electrons. The molecule has 2 aromatic heterocycles. The number of aliphatic hydroxyl groups excluding tert-OH is 1. The number of benzene rings is 1. The van der Waals surface area contributed by atoms with E-state index in [0.717, 1.165) is 5.39 Å². The van der Waals surface area contributed by atoms with Crippen LogP contribution >= 0.6 is 0 Å². The molecule has 1 atom stereocenters. The Bertz CT molecular complexity index is 887. The summed E-state index contributed by atoms with van der Waals surface area (Å²) >= 11 is 0. The number of aromatic carboxylic acids is 1. The predicted octanol–water partition coefficient (Wildman–Crippen LogP) is 2.58. The van der Waals surface area contributed by atoms with E-state index < -0.39 is 12.1 Å². The zero-order valence-corrected chi connectivity index (χ0v) is 14.0. The molecule has 0 aliphatic rings. The molecule has 0 spiro atoms. The number of pyridine rings is 1. The molecule has 3 aromatic rings. The Morgan fingerprint density at radius 3 is 2.60 bits per heavy atom. The van der Waals surface area contributed by atoms with Crippen LogP contribution in [0.15, 0.2) is 42.7 Å². The lowest BCUT2D eigenvalue weighted by Gasteiger charge is -2.13. The molecule has 0 saturated carbocycles. The molecule has 2 heterocycles. The molecule has 3 rings (SSSR count). The van der Waals surface area contributed by atoms with Crippen molar-refractivity contribution in [2.75, 3.05) is 6.61 Å². The summed E-state index contributed by atoms with van der Waals surface area (Å²) in [4.78, 5) is 15.3. The van der Waals surface area contributed by atoms with E-state index in [4.69, 9.17) is 9.84 Å². The average Bonchev–Trinajstić information content (AvgIpc) is 3.02. The molecule has 0 fully saturated rings. The topological polar surface area (TPSA) is 97.5 Å². The lowest BCUT2D eigenvalue weighted by atomic mass is 10.1. The van der Waals surface area contributed by atoms with Crippen LogP contribution in [0.2, 0.25) is 0 Å². The van der Waals surface area contributed by atoms with Gasteiger partial charge in [0, 0.05) is 17.1 Å². The van der Waals surface area contributed by atoms with Gasteiger partial charge in [-0.2, -0.15) is 5.10 Å². The summed E-state index contributed by atoms with van der Waals surface area (Å²) < 4.78 is 7.06. The van der Waals surface area contributed by atoms with Gasteiger partial charge in [-0.05, 0) is 44.2 Å². The van der Waals surface area contributed by atoms with Crippen LogP contribution in [0.4, 0.5) is 0 Å². The van der Waals surface area contributed by atoms with Gasteiger partial charge in [-0.15, -0.1) is 0 Å². The number of hydrogen-bond donors (Lipinski definition) is 2. The largest absolute Gasteiger partial charge is 0.478 e. The number of nitrogens with zero attached hydrogens (tertiary/aromatic N) is 3. The number of aliphatic hydroxyl groups is 1. The Morgan fingerprint density at radius 1 is 1.24 bits per heavy atom. The highest BCUT2D eigenvalue weighted by Gasteiger charge is 2.13. The predicted molar refractivity (Wildman–Crippen MR) is 91.9 cm³/mol. The monoisotopic (exact) mass is 341 g/mol. The maximum atomic E-state index is 10.9. The van der Waals surface area contributed by atoms with Crippen molar-refractivity contribution in [3.8, 4) is 5.69 Å². The zero-order valence-electron chi connectivity index (χ0n) is 14.0. The number of hydrogen-bond acceptors (Lipinski definition) is 5. The Balaban J connectivity index is 1.88. The second-order valence-electron chi connectivity index (χ2n) is 5.99. The number of fused-ring (bicyclic) bond motifs is 1. The fourth-order valence-corrected chi connectivity index (χ4v) is 2.43. The minimum atomic E-state index is -0.975. The molecule has 7 nitrogen and oxygen atoms in total. The molecule has 0 bridgehead atoms. The summed E-state index contributed by atoms with van der Waals surface area (Å²) in [6.07, 6.45) is 2.55. The second kappa shape index (κ2) is 7.00. The van der Waals surface area contributed by atoms with Gasteiger partial charge in [-0.1, -0.05) is 0 Å². The normalized spacial score (nSPS) is 12.6. The Labute approximate surface area is 144 Å². The lowest BCUT2D eigenvalue weighted by Crippen LogP contribution is -2.12. The lowest BCUT2D eigenvalue weighted by molar-refractivity contribution is 0.00486. The number of rotatable bonds is 6. The van der Waals surface area contributed by atoms with Crippen LogP contribution < -0.4 is 0 Å². The first kappa shape index (κ1) is 17.1. The van der Waals surface area contributed by atoms with E-state index in [2.05, 4.69) is 10.1 Å². The van der Waals surface area contributed by atoms with Crippen molar-refractivity contribution in [2.24, 2.45) is 0 Å². The van der Waals surface area contributed by atoms with Crippen molar-refractivity contribution in [1.82, 2.24) is 14.8 Å². The summed E-state index contributed by atoms with van der Waals surface area (Å²) in [6.45, 7) is 4.03. The average molecular weight is 341 g/mol. The van der Waals surface area contributed by atoms with Gasteiger partial charge in [0.2, 0.25) is 0 Å². The third kappa shape index (κ3) is 3.67. The van der Waals surface area contributed by atoms with Crippen molar-refractivity contribution in [2.45, 2.75) is 26.1 Å². The summed E-state index contributed by atoms with van der Waals surface area (Å²) in [5, 5.41) is 24.2. The molecule has 0 unspecified atom stereocenters. The van der Waals surface area contributed by atoms with Crippen LogP contribution in [-0.4, -0.2) is 43.7 Å². The standard InChI is InChI=1S/C18H19N3O4/c1-11(2)25-10-16(22)13-7-14-9-20-21(17(14)19-8-13)15-5-3-12(4-6-15)18(23)24/h3-9,11,16,22H,10H2,1-2H3,(H,23,24)/t16-/m1/s1. The Morgan fingerprint density at radius 2 is 1.96 bits per heavy atom. The highest BCUT2D eigenvalue weighted by molar-refractivity contribution is 5.87. The van der Waals surface area contributed by atoms with E-state index in [1.54, 1.807) is 29.2 Å². The van der Waals surface area contributed by atoms with Gasteiger partial charge in [-0.25, -0.2) is 14.5 Å². The number of aromatic nitrogens is 3. The molecule has 0 saturated heterocycles. The van der Waals surface area contributed by atoms with Gasteiger partial charge >= 0.3 is 5.97 Å². The van der Waals surface area contributed by atoms with Gasteiger partial charge in [0.1, 0.15) is 6.10 Å². The highest BCUT2D eigenvalue weighted by atomic mass is 16.5. The van der Waals surface area contributed by atoms with Crippen molar-refractivity contribution in [3.05, 3.63) is 53.9 Å². The van der Waals surface area contributed by atoms with Crippen molar-refractivity contribution < 1.29 is 19.7 Å². The first-order valence-electron chi connectivity index (χ1n) is 7.93. The van der Waals surface area contributed by atoms with E-state index >= 15 is 0 Å². The molecule has 25 heavy (non-hydrogen) atoms. The molecule has 0 aliphatic heterocycles. The van der Waals surface area contributed by atoms with E-state index in [9.17, 15) is 9.90 Å². The molecule has 0 radical (unpaired) electrons. The smallest absolute Gasteiger partial charge is 0.335 e. The first-order chi connectivity index (χ1) is 12.0. The molecule has 1 aromatic carbocycles. The summed E-state index contributed by atoms with van der Waals surface area (Å²) in [5.74, 6) is -0.975. The second-order valence-corrected chi connectivity index (χ2v) is 5.99. The first-order valence-corrected chi connectivity index (χ1v) is 7.93. The molecular weight excluding hydrogens is 322 g/mol. The van der Waals surface area contributed by atoms with Gasteiger partial charge in [0.05, 0.1) is 30.2 Å². The van der Waals surface area contributed by atoms with E-state index in [-0.39, 0.29) is 18.3 Å². The SMILES string of the molecule is CC(C)OC[C@@H](O)c1cnc2c(cnn2-c2ccc(C(=O)O)cc2)c1. The van der Waals surface area contributed by atoms with Crippen LogP contribution in [0.1, 0.15) is 35.9 Å². The minimum absolute atomic E-state index is 0.0443. The Hall–Kier alpha value is -2.77. The van der Waals surface area contributed by atoms with Crippen LogP contribution in [0, 0.1) is 0 Å². The number of carboxylic acid groups (broad SMARTS) is 1. The molecular formula is C18H19N3O4. The van der Waals surface area contributed by atoms with Gasteiger partial charge in [0.15, 0.2) is 5.65 Å². The van der Waals surface area contributed by atoms with Crippen LogP contribution in [0.25, 0.3) is 16.7 Å². The fraction of sp³-hybridized carbons (Fsp3) is 0.278. The maximum Gasteiger partial charge on any atom is 0.335 e. The van der Waals surface area contributed by atoms with Crippen LogP contribution in [0.5, 0.6) is 0 Å². The summed E-state index contributed by atoms with van der Waals surface area (Å²) in [5.41, 5.74) is 2.21. The number of carbonyl (C=O) groups is 1. The van der Waals surface area contributed by atoms with E-state index in [1.165, 1.54) is 12.1 Å². The quantitative estimate of drug-likeness (QED) is 0.715. The summed E-state index contributed by atoms with van der Waals surface area (Å²) in [6, 6.07) is 8.22. The van der Waals surface area contributed by atoms with Gasteiger partial charge < -0.3 is 14.9 Å². The number of ether oxygens (including phenoxy) is 1. The Kier molecular flexibility index (Phi) is 4.78. The molecule has 0 aliphatic carbocycles. The molecule has 0 amide bonds. The highest BCUT2D eigenvalue weighted by Crippen LogP contribution is 2.21. The van der Waals surface area contributed by atoms with Gasteiger partial charge in [0.25, 0.3) is 0 Å².